The maximum Gasteiger partial charge on any atom is 0.407 e. The van der Waals surface area contributed by atoms with Crippen LogP contribution >= 0.6 is 0 Å². The number of pyridine rings is 1. The lowest BCUT2D eigenvalue weighted by Gasteiger charge is -2.27. The summed E-state index contributed by atoms with van der Waals surface area (Å²) in [7, 11) is 1.59. The van der Waals surface area contributed by atoms with Gasteiger partial charge in [-0.25, -0.2) is 14.4 Å². The summed E-state index contributed by atoms with van der Waals surface area (Å²) in [6.45, 7) is 14.5. The first-order valence-electron chi connectivity index (χ1n) is 33.7. The highest BCUT2D eigenvalue weighted by atomic mass is 16.6. The number of hydrogen-bond donors (Lipinski definition) is 6. The van der Waals surface area contributed by atoms with Crippen molar-refractivity contribution in [1.29, 1.82) is 0 Å². The molecule has 7 amide bonds. The number of benzene rings is 9. The monoisotopic (exact) mass is 1340 g/mol. The van der Waals surface area contributed by atoms with Crippen LogP contribution in [0.15, 0.2) is 237 Å². The van der Waals surface area contributed by atoms with Crippen LogP contribution in [0, 0.1) is 0 Å². The van der Waals surface area contributed by atoms with Crippen molar-refractivity contribution in [3.63, 3.8) is 0 Å². The standard InChI is InChI=1S/C30H30N2O3.C29H28N4O3.C24H30N2O3/c1-30(2,3)35-29(34)32-20-24-12-6-7-13-25(24)26-14-8-9-15-27(26)28(33)31-19-21-16-17-22-10-4-5-11-23(22)18-21;1-36-24-15-13-23(14-16-24)33-29(35)32-20-21-8-2-3-10-25(21)26-11-4-5-12-27(26)28(34)31-19-17-22-9-6-7-18-30-22;1-24(2,3)29-23(28)25-17-18-11-5-6-12-19(18)20-13-7-8-14-21(20)22(27)26-15-9-4-10-16-26/h4-18H,19-20H2,1-3H3,(H,31,33)(H,32,34);2-16,18H,17,19-20H2,1H3,(H,31,34)(H2,32,33,35);5-8,11-14H,4,9-10,15-17H2,1-3H3,(H,25,28). The molecule has 0 unspecified atom stereocenters. The summed E-state index contributed by atoms with van der Waals surface area (Å²) >= 11 is 0. The quantitative estimate of drug-likeness (QED) is 0.0450. The van der Waals surface area contributed by atoms with E-state index in [1.165, 1.54) is 11.8 Å². The predicted octanol–water partition coefficient (Wildman–Crippen LogP) is 16.5. The third kappa shape index (κ3) is 21.7. The van der Waals surface area contributed by atoms with Gasteiger partial charge in [0.05, 0.1) is 7.11 Å². The summed E-state index contributed by atoms with van der Waals surface area (Å²) in [6.07, 6.45) is 4.77. The van der Waals surface area contributed by atoms with Crippen LogP contribution in [0.5, 0.6) is 5.75 Å². The number of amides is 7. The Labute approximate surface area is 586 Å². The minimum atomic E-state index is -0.570. The van der Waals surface area contributed by atoms with Gasteiger partial charge in [-0.3, -0.25) is 19.4 Å². The minimum Gasteiger partial charge on any atom is -0.497 e. The van der Waals surface area contributed by atoms with Gasteiger partial charge in [0, 0.05) is 86.5 Å². The first-order chi connectivity index (χ1) is 48.3. The summed E-state index contributed by atoms with van der Waals surface area (Å²) in [4.78, 5) is 82.4. The van der Waals surface area contributed by atoms with E-state index >= 15 is 0 Å². The van der Waals surface area contributed by atoms with Gasteiger partial charge in [0.2, 0.25) is 0 Å². The van der Waals surface area contributed by atoms with Crippen LogP contribution in [0.3, 0.4) is 0 Å². The van der Waals surface area contributed by atoms with Crippen LogP contribution < -0.4 is 36.6 Å². The number of piperidine rings is 1. The van der Waals surface area contributed by atoms with E-state index in [4.69, 9.17) is 14.2 Å². The molecule has 17 heteroatoms. The zero-order valence-corrected chi connectivity index (χ0v) is 57.9. The molecular weight excluding hydrogens is 1250 g/mol. The molecule has 1 aliphatic heterocycles. The number of nitrogens with zero attached hydrogens (tertiary/aromatic N) is 2. The Bertz CT molecular complexity index is 4410. The number of nitrogens with one attached hydrogen (secondary N) is 6. The number of fused-ring (bicyclic) bond motifs is 1. The number of urea groups is 1. The number of aromatic nitrogens is 1. The van der Waals surface area contributed by atoms with Crippen molar-refractivity contribution in [3.05, 3.63) is 281 Å². The van der Waals surface area contributed by atoms with Gasteiger partial charge in [0.25, 0.3) is 17.7 Å². The van der Waals surface area contributed by atoms with Crippen LogP contribution in [0.2, 0.25) is 0 Å². The summed E-state index contributed by atoms with van der Waals surface area (Å²) in [5, 5.41) is 19.7. The molecule has 0 bridgehead atoms. The summed E-state index contributed by atoms with van der Waals surface area (Å²) < 4.78 is 15.8. The smallest absolute Gasteiger partial charge is 0.407 e. The molecule has 0 atom stereocenters. The van der Waals surface area contributed by atoms with Crippen LogP contribution in [-0.2, 0) is 42.1 Å². The molecule has 2 heterocycles. The highest BCUT2D eigenvalue weighted by Gasteiger charge is 2.24. The van der Waals surface area contributed by atoms with E-state index in [0.717, 1.165) is 92.6 Å². The van der Waals surface area contributed by atoms with E-state index in [2.05, 4.69) is 61.2 Å². The van der Waals surface area contributed by atoms with Gasteiger partial charge < -0.3 is 51.0 Å². The summed E-state index contributed by atoms with van der Waals surface area (Å²) in [5.74, 6) is 0.495. The molecule has 17 nitrogen and oxygen atoms in total. The molecule has 100 heavy (non-hydrogen) atoms. The zero-order chi connectivity index (χ0) is 70.9. The number of carbonyl (C=O) groups excluding carboxylic acids is 6. The van der Waals surface area contributed by atoms with Gasteiger partial charge >= 0.3 is 18.2 Å². The highest BCUT2D eigenvalue weighted by molar-refractivity contribution is 6.03. The maximum absolute atomic E-state index is 13.2. The Balaban J connectivity index is 0.000000176. The van der Waals surface area contributed by atoms with E-state index in [9.17, 15) is 28.8 Å². The van der Waals surface area contributed by atoms with Gasteiger partial charge in [0.1, 0.15) is 17.0 Å². The SMILES string of the molecule is CC(C)(C)OC(=O)NCc1ccccc1-c1ccccc1C(=O)N1CCCCC1.CC(C)(C)OC(=O)NCc1ccccc1-c1ccccc1C(=O)NCc1ccc2ccccc2c1.COc1ccc(NC(=O)NCc2ccccc2-c2ccccc2C(=O)NCCc2ccccn2)cc1. The Morgan fingerprint density at radius 3 is 1.39 bits per heavy atom. The lowest BCUT2D eigenvalue weighted by atomic mass is 9.94. The minimum absolute atomic E-state index is 0.0789. The van der Waals surface area contributed by atoms with Gasteiger partial charge in [0.15, 0.2) is 0 Å². The number of rotatable bonds is 19. The number of alkyl carbamates (subject to hydrolysis) is 2. The molecule has 1 aliphatic rings. The fourth-order valence-electron chi connectivity index (χ4n) is 11.4. The largest absolute Gasteiger partial charge is 0.497 e. The Kier molecular flexibility index (Phi) is 25.9. The van der Waals surface area contributed by atoms with Crippen LogP contribution in [0.4, 0.5) is 20.1 Å². The molecule has 0 aliphatic carbocycles. The van der Waals surface area contributed by atoms with E-state index in [-0.39, 0.29) is 30.3 Å². The second-order valence-electron chi connectivity index (χ2n) is 25.9. The molecule has 0 radical (unpaired) electrons. The number of likely N-dealkylation sites (tertiary alicyclic amines) is 1. The third-order valence-electron chi connectivity index (χ3n) is 16.2. The van der Waals surface area contributed by atoms with Crippen LogP contribution in [0.25, 0.3) is 44.2 Å². The lowest BCUT2D eigenvalue weighted by molar-refractivity contribution is 0.0512. The number of hydrogen-bond acceptors (Lipinski definition) is 10. The maximum atomic E-state index is 13.2. The molecule has 1 aromatic heterocycles. The van der Waals surface area contributed by atoms with Crippen molar-refractivity contribution in [3.8, 4) is 39.1 Å². The van der Waals surface area contributed by atoms with Crippen molar-refractivity contribution < 1.29 is 43.0 Å². The third-order valence-corrected chi connectivity index (χ3v) is 16.2. The molecule has 11 rings (SSSR count). The number of methoxy groups -OCH3 is 1. The van der Waals surface area contributed by atoms with Crippen molar-refractivity contribution in [2.45, 2.75) is 105 Å². The second-order valence-corrected chi connectivity index (χ2v) is 25.9. The second kappa shape index (κ2) is 35.6. The normalized spacial score (nSPS) is 11.8. The fourth-order valence-corrected chi connectivity index (χ4v) is 11.4. The number of ether oxygens (including phenoxy) is 3. The molecule has 9 aromatic carbocycles. The average Bonchev–Trinajstić information content (AvgIpc) is 0.814. The van der Waals surface area contributed by atoms with Gasteiger partial charge in [-0.2, -0.15) is 0 Å². The molecule has 514 valence electrons. The van der Waals surface area contributed by atoms with Crippen LogP contribution in [-0.4, -0.2) is 83.8 Å². The predicted molar refractivity (Wildman–Crippen MR) is 396 cm³/mol. The lowest BCUT2D eigenvalue weighted by Crippen LogP contribution is -2.35. The average molecular weight is 1340 g/mol. The Morgan fingerprint density at radius 2 is 0.880 bits per heavy atom. The molecule has 0 spiro atoms. The summed E-state index contributed by atoms with van der Waals surface area (Å²) in [6, 6.07) is 72.9. The van der Waals surface area contributed by atoms with E-state index in [1.54, 1.807) is 37.6 Å². The van der Waals surface area contributed by atoms with Crippen LogP contribution in [0.1, 0.15) is 120 Å². The topological polar surface area (TPSA) is 218 Å². The van der Waals surface area contributed by atoms with E-state index in [0.29, 0.717) is 60.7 Å². The Hall–Kier alpha value is -11.6. The highest BCUT2D eigenvalue weighted by Crippen LogP contribution is 2.32. The zero-order valence-electron chi connectivity index (χ0n) is 57.9. The molecule has 1 fully saturated rings. The molecule has 6 N–H and O–H groups in total. The molecule has 1 saturated heterocycles. The first-order valence-corrected chi connectivity index (χ1v) is 33.7. The fraction of sp³-hybridized carbons (Fsp3) is 0.241. The number of carbonyl (C=O) groups is 6. The summed E-state index contributed by atoms with van der Waals surface area (Å²) in [5.41, 5.74) is 11.3. The molecule has 10 aromatic rings. The van der Waals surface area contributed by atoms with E-state index < -0.39 is 23.4 Å². The van der Waals surface area contributed by atoms with Gasteiger partial charge in [-0.05, 0) is 188 Å². The van der Waals surface area contributed by atoms with Gasteiger partial charge in [-0.15, -0.1) is 0 Å². The van der Waals surface area contributed by atoms with Crippen molar-refractivity contribution in [1.82, 2.24) is 36.5 Å². The van der Waals surface area contributed by atoms with Crippen molar-refractivity contribution in [2.24, 2.45) is 0 Å². The molecule has 0 saturated carbocycles. The Morgan fingerprint density at radius 1 is 0.430 bits per heavy atom. The van der Waals surface area contributed by atoms with E-state index in [1.807, 2.05) is 228 Å². The van der Waals surface area contributed by atoms with Crippen molar-refractivity contribution >= 4 is 52.4 Å². The van der Waals surface area contributed by atoms with Gasteiger partial charge in [-0.1, -0.05) is 170 Å². The van der Waals surface area contributed by atoms with Crippen molar-refractivity contribution in [2.75, 3.05) is 32.1 Å². The first kappa shape index (κ1) is 72.7. The molecular formula is C83H88N8O9. The number of anilines is 1.